The molecule has 0 fully saturated rings. The van der Waals surface area contributed by atoms with Gasteiger partial charge in [-0.3, -0.25) is 0 Å². The zero-order valence-corrected chi connectivity index (χ0v) is 18.5. The van der Waals surface area contributed by atoms with Crippen molar-refractivity contribution in [2.45, 2.75) is 13.5 Å². The van der Waals surface area contributed by atoms with Crippen molar-refractivity contribution in [2.75, 3.05) is 16.4 Å². The van der Waals surface area contributed by atoms with Crippen LogP contribution in [-0.2, 0) is 6.61 Å². The SMILES string of the molecule is Cc1ccc(F)c(NC(=O)Nc2ccc(-c3c(-c4nc(CO)co4)cn4ncnc(N)c34)cc2)c1. The molecule has 0 saturated carbocycles. The summed E-state index contributed by atoms with van der Waals surface area (Å²) < 4.78 is 21.1. The number of nitrogens with one attached hydrogen (secondary N) is 2. The van der Waals surface area contributed by atoms with Crippen molar-refractivity contribution in [1.29, 1.82) is 0 Å². The molecule has 3 heterocycles. The lowest BCUT2D eigenvalue weighted by Crippen LogP contribution is -2.20. The molecule has 0 radical (unpaired) electrons. The van der Waals surface area contributed by atoms with Crippen LogP contribution >= 0.6 is 0 Å². The zero-order chi connectivity index (χ0) is 24.5. The second-order valence-electron chi connectivity index (χ2n) is 7.80. The van der Waals surface area contributed by atoms with E-state index >= 15 is 0 Å². The van der Waals surface area contributed by atoms with E-state index in [0.717, 1.165) is 11.1 Å². The number of rotatable bonds is 5. The van der Waals surface area contributed by atoms with Gasteiger partial charge in [0.2, 0.25) is 5.89 Å². The maximum absolute atomic E-state index is 13.9. The molecular weight excluding hydrogens is 453 g/mol. The number of fused-ring (bicyclic) bond motifs is 1. The largest absolute Gasteiger partial charge is 0.444 e. The van der Waals surface area contributed by atoms with Crippen LogP contribution in [0.25, 0.3) is 28.1 Å². The molecule has 11 heteroatoms. The minimum absolute atomic E-state index is 0.0905. The number of carbonyl (C=O) groups is 1. The van der Waals surface area contributed by atoms with E-state index in [2.05, 4.69) is 25.7 Å². The van der Waals surface area contributed by atoms with E-state index < -0.39 is 11.8 Å². The molecule has 0 spiro atoms. The molecule has 0 bridgehead atoms. The molecule has 5 aromatic rings. The Hall–Kier alpha value is -4.77. The molecule has 0 aliphatic carbocycles. The number of carbonyl (C=O) groups excluding carboxylic acids is 1. The quantitative estimate of drug-likeness (QED) is 0.299. The molecule has 2 amide bonds. The molecule has 35 heavy (non-hydrogen) atoms. The molecule has 0 aliphatic rings. The topological polar surface area (TPSA) is 144 Å². The van der Waals surface area contributed by atoms with Crippen LogP contribution in [0.1, 0.15) is 11.3 Å². The fourth-order valence-corrected chi connectivity index (χ4v) is 3.73. The van der Waals surface area contributed by atoms with E-state index in [0.29, 0.717) is 28.0 Å². The highest BCUT2D eigenvalue weighted by molar-refractivity contribution is 6.01. The molecule has 3 aromatic heterocycles. The average molecular weight is 473 g/mol. The van der Waals surface area contributed by atoms with Crippen LogP contribution in [0.5, 0.6) is 0 Å². The summed E-state index contributed by atoms with van der Waals surface area (Å²) in [5.41, 5.74) is 10.5. The van der Waals surface area contributed by atoms with Crippen LogP contribution < -0.4 is 16.4 Å². The van der Waals surface area contributed by atoms with Crippen LogP contribution in [0.3, 0.4) is 0 Å². The van der Waals surface area contributed by atoms with Gasteiger partial charge in [-0.2, -0.15) is 5.10 Å². The Morgan fingerprint density at radius 1 is 1.20 bits per heavy atom. The molecule has 0 unspecified atom stereocenters. The van der Waals surface area contributed by atoms with E-state index in [4.69, 9.17) is 10.2 Å². The summed E-state index contributed by atoms with van der Waals surface area (Å²) in [4.78, 5) is 20.8. The van der Waals surface area contributed by atoms with Crippen molar-refractivity contribution in [3.63, 3.8) is 0 Å². The predicted molar refractivity (Wildman–Crippen MR) is 128 cm³/mol. The van der Waals surface area contributed by atoms with E-state index in [1.165, 1.54) is 18.7 Å². The first kappa shape index (κ1) is 22.0. The first-order chi connectivity index (χ1) is 16.9. The summed E-state index contributed by atoms with van der Waals surface area (Å²) in [6, 6.07) is 10.9. The van der Waals surface area contributed by atoms with Gasteiger partial charge in [-0.05, 0) is 42.3 Å². The van der Waals surface area contributed by atoms with Gasteiger partial charge in [0.1, 0.15) is 29.6 Å². The number of amides is 2. The molecule has 5 N–H and O–H groups in total. The number of hydrogen-bond acceptors (Lipinski definition) is 7. The van der Waals surface area contributed by atoms with Crippen molar-refractivity contribution in [3.05, 3.63) is 78.3 Å². The highest BCUT2D eigenvalue weighted by Crippen LogP contribution is 2.38. The van der Waals surface area contributed by atoms with Crippen LogP contribution in [0.15, 0.2) is 65.7 Å². The summed E-state index contributed by atoms with van der Waals surface area (Å²) in [5, 5.41) is 18.8. The van der Waals surface area contributed by atoms with E-state index in [1.54, 1.807) is 47.1 Å². The highest BCUT2D eigenvalue weighted by Gasteiger charge is 2.21. The fourth-order valence-electron chi connectivity index (χ4n) is 3.73. The van der Waals surface area contributed by atoms with E-state index in [1.807, 2.05) is 6.92 Å². The fraction of sp³-hybridized carbons (Fsp3) is 0.0833. The number of nitrogens with two attached hydrogens (primary N) is 1. The van der Waals surface area contributed by atoms with Crippen molar-refractivity contribution < 1.29 is 18.7 Å². The number of nitrogens with zero attached hydrogens (tertiary/aromatic N) is 4. The van der Waals surface area contributed by atoms with Gasteiger partial charge in [0.25, 0.3) is 0 Å². The zero-order valence-electron chi connectivity index (χ0n) is 18.5. The Labute approximate surface area is 198 Å². The molecule has 5 rings (SSSR count). The lowest BCUT2D eigenvalue weighted by Gasteiger charge is -2.10. The smallest absolute Gasteiger partial charge is 0.323 e. The van der Waals surface area contributed by atoms with Crippen molar-refractivity contribution in [2.24, 2.45) is 0 Å². The third-order valence-electron chi connectivity index (χ3n) is 5.35. The van der Waals surface area contributed by atoms with Crippen LogP contribution in [0.4, 0.5) is 26.4 Å². The van der Waals surface area contributed by atoms with E-state index in [-0.39, 0.29) is 24.0 Å². The van der Waals surface area contributed by atoms with Crippen LogP contribution in [0.2, 0.25) is 0 Å². The normalized spacial score (nSPS) is 11.1. The molecule has 2 aromatic carbocycles. The molecule has 0 atom stereocenters. The third-order valence-corrected chi connectivity index (χ3v) is 5.35. The predicted octanol–water partition coefficient (Wildman–Crippen LogP) is 4.22. The number of aromatic nitrogens is 4. The maximum Gasteiger partial charge on any atom is 0.323 e. The summed E-state index contributed by atoms with van der Waals surface area (Å²) in [5.74, 6) is 0.0255. The number of benzene rings is 2. The van der Waals surface area contributed by atoms with Crippen molar-refractivity contribution in [1.82, 2.24) is 19.6 Å². The summed E-state index contributed by atoms with van der Waals surface area (Å²) >= 11 is 0. The summed E-state index contributed by atoms with van der Waals surface area (Å²) in [6.07, 6.45) is 4.43. The van der Waals surface area contributed by atoms with Gasteiger partial charge in [0.15, 0.2) is 5.82 Å². The molecular formula is C24H20FN7O3. The Morgan fingerprint density at radius 3 is 2.74 bits per heavy atom. The van der Waals surface area contributed by atoms with E-state index in [9.17, 15) is 14.3 Å². The number of nitrogen functional groups attached to an aromatic ring is 1. The summed E-state index contributed by atoms with van der Waals surface area (Å²) in [6.45, 7) is 1.55. The Balaban J connectivity index is 1.46. The number of aliphatic hydroxyl groups is 1. The summed E-state index contributed by atoms with van der Waals surface area (Å²) in [7, 11) is 0. The highest BCUT2D eigenvalue weighted by atomic mass is 19.1. The van der Waals surface area contributed by atoms with Crippen LogP contribution in [0, 0.1) is 12.7 Å². The van der Waals surface area contributed by atoms with Gasteiger partial charge in [-0.1, -0.05) is 18.2 Å². The first-order valence-electron chi connectivity index (χ1n) is 10.5. The molecule has 176 valence electrons. The van der Waals surface area contributed by atoms with Gasteiger partial charge in [-0.15, -0.1) is 0 Å². The van der Waals surface area contributed by atoms with Gasteiger partial charge in [-0.25, -0.2) is 23.7 Å². The second kappa shape index (κ2) is 8.88. The minimum atomic E-state index is -0.578. The number of oxazole rings is 1. The first-order valence-corrected chi connectivity index (χ1v) is 10.5. The van der Waals surface area contributed by atoms with Crippen molar-refractivity contribution >= 4 is 28.7 Å². The Morgan fingerprint density at radius 2 is 2.00 bits per heavy atom. The maximum atomic E-state index is 13.9. The lowest BCUT2D eigenvalue weighted by molar-refractivity contribution is 0.262. The van der Waals surface area contributed by atoms with Gasteiger partial charge >= 0.3 is 6.03 Å². The third kappa shape index (κ3) is 4.27. The van der Waals surface area contributed by atoms with Gasteiger partial charge in [0, 0.05) is 17.4 Å². The lowest BCUT2D eigenvalue weighted by atomic mass is 10.0. The molecule has 0 aliphatic heterocycles. The minimum Gasteiger partial charge on any atom is -0.444 e. The van der Waals surface area contributed by atoms with Crippen LogP contribution in [-0.4, -0.2) is 30.7 Å². The number of hydrogen-bond donors (Lipinski definition) is 4. The van der Waals surface area contributed by atoms with Gasteiger partial charge < -0.3 is 25.9 Å². The number of urea groups is 1. The number of aryl methyl sites for hydroxylation is 1. The second-order valence-corrected chi connectivity index (χ2v) is 7.80. The monoisotopic (exact) mass is 473 g/mol. The Bertz CT molecular complexity index is 1540. The number of halogens is 1. The number of aliphatic hydroxyl groups excluding tert-OH is 1. The standard InChI is InChI=1S/C24H20FN7O3/c1-13-2-7-18(25)19(8-13)31-24(34)30-15-5-3-14(4-6-15)20-17(23-29-16(10-33)11-35-23)9-32-21(20)22(26)27-12-28-32/h2-9,11-12,33H,10H2,1H3,(H2,26,27,28)(H2,30,31,34). The Kier molecular flexibility index (Phi) is 5.59. The van der Waals surface area contributed by atoms with Gasteiger partial charge in [0.05, 0.1) is 17.9 Å². The average Bonchev–Trinajstić information content (AvgIpc) is 3.47. The molecule has 0 saturated heterocycles. The molecule has 10 nitrogen and oxygen atoms in total. The number of anilines is 3. The van der Waals surface area contributed by atoms with Crippen molar-refractivity contribution in [3.8, 4) is 22.6 Å².